The van der Waals surface area contributed by atoms with Gasteiger partial charge in [-0.1, -0.05) is 13.3 Å². The average Bonchev–Trinajstić information content (AvgIpc) is 2.70. The summed E-state index contributed by atoms with van der Waals surface area (Å²) >= 11 is 0. The summed E-state index contributed by atoms with van der Waals surface area (Å²) in [6, 6.07) is 0. The van der Waals surface area contributed by atoms with Gasteiger partial charge in [0.2, 0.25) is 0 Å². The molecule has 1 amide bonds. The number of carbonyl (C=O) groups is 2. The van der Waals surface area contributed by atoms with Gasteiger partial charge in [0.1, 0.15) is 0 Å². The number of carboxylic acids is 1. The zero-order valence-corrected chi connectivity index (χ0v) is 10.0. The standard InChI is InChI=1S/C11H17N3O3/c1-3-8(4-10(15)16)5-12-11(17)9-6-13-14(2)7-9/h6-8H,3-5H2,1-2H3,(H,12,17)(H,15,16). The predicted octanol–water partition coefficient (Wildman–Crippen LogP) is 0.651. The molecule has 6 nitrogen and oxygen atoms in total. The monoisotopic (exact) mass is 239 g/mol. The quantitative estimate of drug-likeness (QED) is 0.763. The highest BCUT2D eigenvalue weighted by Crippen LogP contribution is 2.07. The van der Waals surface area contributed by atoms with Gasteiger partial charge in [-0.15, -0.1) is 0 Å². The van der Waals surface area contributed by atoms with E-state index in [4.69, 9.17) is 5.11 Å². The fourth-order valence-corrected chi connectivity index (χ4v) is 1.49. The van der Waals surface area contributed by atoms with Crippen LogP contribution in [0.3, 0.4) is 0 Å². The first-order valence-corrected chi connectivity index (χ1v) is 5.51. The van der Waals surface area contributed by atoms with E-state index < -0.39 is 5.97 Å². The average molecular weight is 239 g/mol. The molecule has 94 valence electrons. The molecular weight excluding hydrogens is 222 g/mol. The van der Waals surface area contributed by atoms with E-state index in [0.29, 0.717) is 12.1 Å². The zero-order chi connectivity index (χ0) is 12.8. The third-order valence-electron chi connectivity index (χ3n) is 2.56. The Kier molecular flexibility index (Phi) is 4.68. The van der Waals surface area contributed by atoms with E-state index in [9.17, 15) is 9.59 Å². The van der Waals surface area contributed by atoms with Gasteiger partial charge >= 0.3 is 5.97 Å². The Morgan fingerprint density at radius 2 is 2.29 bits per heavy atom. The number of carboxylic acid groups (broad SMARTS) is 1. The lowest BCUT2D eigenvalue weighted by Gasteiger charge is -2.12. The normalized spacial score (nSPS) is 12.1. The SMILES string of the molecule is CCC(CNC(=O)c1cnn(C)c1)CC(=O)O. The molecule has 0 radical (unpaired) electrons. The first-order chi connectivity index (χ1) is 8.02. The maximum Gasteiger partial charge on any atom is 0.303 e. The van der Waals surface area contributed by atoms with E-state index in [1.54, 1.807) is 17.9 Å². The number of nitrogens with zero attached hydrogens (tertiary/aromatic N) is 2. The van der Waals surface area contributed by atoms with E-state index in [1.807, 2.05) is 6.92 Å². The first-order valence-electron chi connectivity index (χ1n) is 5.51. The van der Waals surface area contributed by atoms with E-state index >= 15 is 0 Å². The van der Waals surface area contributed by atoms with Crippen LogP contribution >= 0.6 is 0 Å². The molecule has 0 aliphatic rings. The second-order valence-corrected chi connectivity index (χ2v) is 3.98. The van der Waals surface area contributed by atoms with Crippen LogP contribution in [0.5, 0.6) is 0 Å². The van der Waals surface area contributed by atoms with Crippen LogP contribution in [0.4, 0.5) is 0 Å². The number of aryl methyl sites for hydroxylation is 1. The Morgan fingerprint density at radius 3 is 2.76 bits per heavy atom. The number of hydrogen-bond donors (Lipinski definition) is 2. The second kappa shape index (κ2) is 6.03. The zero-order valence-electron chi connectivity index (χ0n) is 10.0. The van der Waals surface area contributed by atoms with E-state index in [0.717, 1.165) is 6.42 Å². The molecule has 1 rings (SSSR count). The van der Waals surface area contributed by atoms with Crippen LogP contribution in [-0.2, 0) is 11.8 Å². The molecule has 0 fully saturated rings. The summed E-state index contributed by atoms with van der Waals surface area (Å²) in [4.78, 5) is 22.2. The van der Waals surface area contributed by atoms with E-state index in [-0.39, 0.29) is 18.2 Å². The van der Waals surface area contributed by atoms with Gasteiger partial charge < -0.3 is 10.4 Å². The fraction of sp³-hybridized carbons (Fsp3) is 0.545. The summed E-state index contributed by atoms with van der Waals surface area (Å²) < 4.78 is 1.55. The second-order valence-electron chi connectivity index (χ2n) is 3.98. The summed E-state index contributed by atoms with van der Waals surface area (Å²) in [6.45, 7) is 2.28. The van der Waals surface area contributed by atoms with Crippen LogP contribution in [0, 0.1) is 5.92 Å². The smallest absolute Gasteiger partial charge is 0.303 e. The van der Waals surface area contributed by atoms with Gasteiger partial charge in [-0.25, -0.2) is 0 Å². The third kappa shape index (κ3) is 4.26. The van der Waals surface area contributed by atoms with Crippen molar-refractivity contribution in [3.63, 3.8) is 0 Å². The minimum atomic E-state index is -0.840. The molecule has 0 bridgehead atoms. The molecule has 17 heavy (non-hydrogen) atoms. The molecular formula is C11H17N3O3. The molecule has 6 heteroatoms. The number of hydrogen-bond acceptors (Lipinski definition) is 3. The van der Waals surface area contributed by atoms with Crippen LogP contribution < -0.4 is 5.32 Å². The lowest BCUT2D eigenvalue weighted by molar-refractivity contribution is -0.138. The van der Waals surface area contributed by atoms with Gasteiger partial charge in [0, 0.05) is 26.2 Å². The highest BCUT2D eigenvalue weighted by atomic mass is 16.4. The van der Waals surface area contributed by atoms with Crippen LogP contribution in [0.1, 0.15) is 30.1 Å². The van der Waals surface area contributed by atoms with Crippen molar-refractivity contribution in [3.05, 3.63) is 18.0 Å². The summed E-state index contributed by atoms with van der Waals surface area (Å²) in [5.74, 6) is -1.09. The molecule has 0 spiro atoms. The fourth-order valence-electron chi connectivity index (χ4n) is 1.49. The maximum atomic E-state index is 11.7. The molecule has 2 N–H and O–H groups in total. The summed E-state index contributed by atoms with van der Waals surface area (Å²) in [5.41, 5.74) is 0.484. The Balaban J connectivity index is 2.44. The molecule has 1 aromatic rings. The van der Waals surface area contributed by atoms with Crippen molar-refractivity contribution in [2.24, 2.45) is 13.0 Å². The van der Waals surface area contributed by atoms with Crippen LogP contribution in [0.15, 0.2) is 12.4 Å². The molecule has 1 heterocycles. The van der Waals surface area contributed by atoms with Crippen molar-refractivity contribution in [1.29, 1.82) is 0 Å². The molecule has 0 aromatic carbocycles. The van der Waals surface area contributed by atoms with E-state index in [1.165, 1.54) is 6.20 Å². The highest BCUT2D eigenvalue weighted by Gasteiger charge is 2.13. The Bertz CT molecular complexity index is 400. The maximum absolute atomic E-state index is 11.7. The molecule has 0 aliphatic heterocycles. The van der Waals surface area contributed by atoms with Gasteiger partial charge in [-0.05, 0) is 5.92 Å². The molecule has 0 aliphatic carbocycles. The van der Waals surface area contributed by atoms with Crippen LogP contribution in [0.2, 0.25) is 0 Å². The first kappa shape index (κ1) is 13.2. The number of amides is 1. The van der Waals surface area contributed by atoms with E-state index in [2.05, 4.69) is 10.4 Å². The number of nitrogens with one attached hydrogen (secondary N) is 1. The van der Waals surface area contributed by atoms with Crippen LogP contribution in [-0.4, -0.2) is 33.3 Å². The molecule has 0 saturated heterocycles. The number of aromatic nitrogens is 2. The van der Waals surface area contributed by atoms with Crippen molar-refractivity contribution < 1.29 is 14.7 Å². The van der Waals surface area contributed by atoms with Crippen molar-refractivity contribution in [2.45, 2.75) is 19.8 Å². The van der Waals surface area contributed by atoms with Gasteiger partial charge in [0.15, 0.2) is 0 Å². The topological polar surface area (TPSA) is 84.2 Å². The Morgan fingerprint density at radius 1 is 1.59 bits per heavy atom. The number of aliphatic carboxylic acids is 1. The predicted molar refractivity (Wildman–Crippen MR) is 61.6 cm³/mol. The molecule has 1 unspecified atom stereocenters. The van der Waals surface area contributed by atoms with Gasteiger partial charge in [-0.2, -0.15) is 5.10 Å². The lowest BCUT2D eigenvalue weighted by atomic mass is 10.0. The third-order valence-corrected chi connectivity index (χ3v) is 2.56. The lowest BCUT2D eigenvalue weighted by Crippen LogP contribution is -2.29. The minimum absolute atomic E-state index is 0.0341. The number of rotatable bonds is 6. The van der Waals surface area contributed by atoms with Crippen molar-refractivity contribution in [2.75, 3.05) is 6.54 Å². The van der Waals surface area contributed by atoms with Gasteiger partial charge in [0.05, 0.1) is 11.8 Å². The largest absolute Gasteiger partial charge is 0.481 e. The molecule has 1 atom stereocenters. The van der Waals surface area contributed by atoms with Crippen molar-refractivity contribution in [3.8, 4) is 0 Å². The van der Waals surface area contributed by atoms with Crippen LogP contribution in [0.25, 0.3) is 0 Å². The Hall–Kier alpha value is -1.85. The summed E-state index contributed by atoms with van der Waals surface area (Å²) in [7, 11) is 1.73. The summed E-state index contributed by atoms with van der Waals surface area (Å²) in [5, 5.41) is 15.3. The van der Waals surface area contributed by atoms with Gasteiger partial charge in [0.25, 0.3) is 5.91 Å². The minimum Gasteiger partial charge on any atom is -0.481 e. The number of carbonyl (C=O) groups excluding carboxylic acids is 1. The molecule has 1 aromatic heterocycles. The highest BCUT2D eigenvalue weighted by molar-refractivity contribution is 5.93. The Labute approximate surface area is 99.6 Å². The molecule has 0 saturated carbocycles. The summed E-state index contributed by atoms with van der Waals surface area (Å²) in [6.07, 6.45) is 3.89. The van der Waals surface area contributed by atoms with Crippen molar-refractivity contribution in [1.82, 2.24) is 15.1 Å². The van der Waals surface area contributed by atoms with Gasteiger partial charge in [-0.3, -0.25) is 14.3 Å². The van der Waals surface area contributed by atoms with Crippen molar-refractivity contribution >= 4 is 11.9 Å².